The van der Waals surface area contributed by atoms with Crippen molar-refractivity contribution in [1.82, 2.24) is 9.38 Å². The molecule has 0 radical (unpaired) electrons. The summed E-state index contributed by atoms with van der Waals surface area (Å²) in [5, 5.41) is 9.78. The lowest BCUT2D eigenvalue weighted by atomic mass is 9.87. The van der Waals surface area contributed by atoms with Gasteiger partial charge in [0.25, 0.3) is 0 Å². The highest BCUT2D eigenvalue weighted by Crippen LogP contribution is 2.39. The van der Waals surface area contributed by atoms with Crippen molar-refractivity contribution in [3.63, 3.8) is 0 Å². The summed E-state index contributed by atoms with van der Waals surface area (Å²) in [5.74, 6) is 2.00. The van der Waals surface area contributed by atoms with Crippen LogP contribution in [0.4, 0.5) is 0 Å². The normalized spacial score (nSPS) is 20.5. The van der Waals surface area contributed by atoms with E-state index in [-0.39, 0.29) is 5.54 Å². The summed E-state index contributed by atoms with van der Waals surface area (Å²) in [6.45, 7) is 2.53. The summed E-state index contributed by atoms with van der Waals surface area (Å²) >= 11 is 0. The van der Waals surface area contributed by atoms with E-state index in [0.29, 0.717) is 35.5 Å². The van der Waals surface area contributed by atoms with Gasteiger partial charge in [-0.3, -0.25) is 4.40 Å². The van der Waals surface area contributed by atoms with Crippen LogP contribution in [0, 0.1) is 17.2 Å². The maximum atomic E-state index is 9.78. The Balaban J connectivity index is 1.77. The van der Waals surface area contributed by atoms with Gasteiger partial charge in [-0.1, -0.05) is 25.8 Å². The molecule has 0 saturated heterocycles. The Morgan fingerprint density at radius 2 is 2.06 bits per heavy atom. The first kappa shape index (κ1) is 21.0. The number of aromatic nitrogens is 2. The lowest BCUT2D eigenvalue weighted by Gasteiger charge is -2.31. The van der Waals surface area contributed by atoms with Crippen molar-refractivity contribution < 1.29 is 14.2 Å². The molecule has 1 fully saturated rings. The van der Waals surface area contributed by atoms with Gasteiger partial charge in [0.2, 0.25) is 0 Å². The van der Waals surface area contributed by atoms with E-state index in [1.165, 1.54) is 0 Å². The minimum absolute atomic E-state index is 0.363. The zero-order chi connectivity index (χ0) is 22.0. The molecule has 0 aliphatic heterocycles. The van der Waals surface area contributed by atoms with Gasteiger partial charge in [0, 0.05) is 5.56 Å². The van der Waals surface area contributed by atoms with Crippen LogP contribution in [0.1, 0.15) is 38.2 Å². The Kier molecular flexibility index (Phi) is 5.75. The van der Waals surface area contributed by atoms with E-state index in [2.05, 4.69) is 18.0 Å². The van der Waals surface area contributed by atoms with E-state index < -0.39 is 0 Å². The Morgan fingerprint density at radius 1 is 1.26 bits per heavy atom. The molecule has 0 amide bonds. The standard InChI is InChI=1S/C24H28N4O3/c1-4-17-7-6-10-24(17,26)15-31-21-12-16(11-20(29-2)18(21)13-25)19-14-27-22-8-5-9-23(30-3)28(19)22/h5,8-9,11-12,14,17H,4,6-7,10,15,26H2,1-3H3/t17-,24+/m1/s1. The number of ether oxygens (including phenoxy) is 3. The fourth-order valence-corrected chi connectivity index (χ4v) is 4.67. The number of hydrogen-bond donors (Lipinski definition) is 1. The number of fused-ring (bicyclic) bond motifs is 1. The molecule has 1 saturated carbocycles. The number of nitriles is 1. The van der Waals surface area contributed by atoms with Gasteiger partial charge in [0.05, 0.1) is 31.6 Å². The van der Waals surface area contributed by atoms with Crippen LogP contribution in [0.25, 0.3) is 16.9 Å². The predicted molar refractivity (Wildman–Crippen MR) is 118 cm³/mol. The molecule has 1 aliphatic rings. The van der Waals surface area contributed by atoms with Gasteiger partial charge in [0.1, 0.15) is 35.4 Å². The Hall–Kier alpha value is -3.24. The fourth-order valence-electron chi connectivity index (χ4n) is 4.67. The van der Waals surface area contributed by atoms with Crippen molar-refractivity contribution in [1.29, 1.82) is 5.26 Å². The highest BCUT2D eigenvalue weighted by Gasteiger charge is 2.39. The highest BCUT2D eigenvalue weighted by atomic mass is 16.5. The minimum atomic E-state index is -0.378. The van der Waals surface area contributed by atoms with Crippen molar-refractivity contribution in [2.75, 3.05) is 20.8 Å². The summed E-state index contributed by atoms with van der Waals surface area (Å²) in [7, 11) is 3.17. The molecule has 2 atom stereocenters. The van der Waals surface area contributed by atoms with Crippen LogP contribution >= 0.6 is 0 Å². The van der Waals surface area contributed by atoms with E-state index >= 15 is 0 Å². The molecule has 1 aliphatic carbocycles. The fraction of sp³-hybridized carbons (Fsp3) is 0.417. The number of methoxy groups -OCH3 is 2. The van der Waals surface area contributed by atoms with E-state index in [1.807, 2.05) is 34.7 Å². The topological polar surface area (TPSA) is 94.8 Å². The van der Waals surface area contributed by atoms with Crippen molar-refractivity contribution in [3.8, 4) is 34.7 Å². The average molecular weight is 421 g/mol. The van der Waals surface area contributed by atoms with Gasteiger partial charge < -0.3 is 19.9 Å². The van der Waals surface area contributed by atoms with Crippen molar-refractivity contribution in [2.24, 2.45) is 11.7 Å². The zero-order valence-electron chi connectivity index (χ0n) is 18.2. The van der Waals surface area contributed by atoms with Gasteiger partial charge in [-0.25, -0.2) is 4.98 Å². The van der Waals surface area contributed by atoms with Gasteiger partial charge in [-0.05, 0) is 43.0 Å². The molecule has 31 heavy (non-hydrogen) atoms. The van der Waals surface area contributed by atoms with Crippen molar-refractivity contribution >= 4 is 5.65 Å². The average Bonchev–Trinajstić information content (AvgIpc) is 3.40. The molecule has 0 spiro atoms. The maximum Gasteiger partial charge on any atom is 0.199 e. The molecular weight excluding hydrogens is 392 g/mol. The summed E-state index contributed by atoms with van der Waals surface area (Å²) in [6.07, 6.45) is 5.95. The molecule has 0 bridgehead atoms. The number of benzene rings is 1. The lowest BCUT2D eigenvalue weighted by molar-refractivity contribution is 0.175. The van der Waals surface area contributed by atoms with Gasteiger partial charge in [-0.2, -0.15) is 5.26 Å². The molecule has 1 aromatic carbocycles. The summed E-state index contributed by atoms with van der Waals surface area (Å²) in [4.78, 5) is 4.49. The van der Waals surface area contributed by atoms with E-state index in [4.69, 9.17) is 19.9 Å². The SMILES string of the molecule is CC[C@@H]1CCC[C@]1(N)COc1cc(-c2cnc3cccc(OC)n23)cc(OC)c1C#N. The molecule has 7 heteroatoms. The number of nitrogens with zero attached hydrogens (tertiary/aromatic N) is 3. The molecule has 2 heterocycles. The van der Waals surface area contributed by atoms with Crippen LogP contribution in [-0.2, 0) is 0 Å². The van der Waals surface area contributed by atoms with Crippen LogP contribution in [-0.4, -0.2) is 35.8 Å². The largest absolute Gasteiger partial charge is 0.495 e. The minimum Gasteiger partial charge on any atom is -0.495 e. The zero-order valence-corrected chi connectivity index (χ0v) is 18.2. The van der Waals surface area contributed by atoms with E-state index in [0.717, 1.165) is 42.6 Å². The van der Waals surface area contributed by atoms with Gasteiger partial charge >= 0.3 is 0 Å². The molecule has 2 N–H and O–H groups in total. The third-order valence-corrected chi connectivity index (χ3v) is 6.39. The van der Waals surface area contributed by atoms with Crippen LogP contribution in [0.2, 0.25) is 0 Å². The number of pyridine rings is 1. The second kappa shape index (κ2) is 8.48. The first-order chi connectivity index (χ1) is 15.0. The highest BCUT2D eigenvalue weighted by molar-refractivity contribution is 5.71. The smallest absolute Gasteiger partial charge is 0.199 e. The molecule has 4 rings (SSSR count). The molecule has 0 unspecified atom stereocenters. The Morgan fingerprint density at radius 3 is 2.77 bits per heavy atom. The van der Waals surface area contributed by atoms with Gasteiger partial charge in [0.15, 0.2) is 5.88 Å². The molecule has 3 aromatic rings. The first-order valence-corrected chi connectivity index (χ1v) is 10.6. The monoisotopic (exact) mass is 420 g/mol. The number of rotatable bonds is 7. The Bertz CT molecular complexity index is 1130. The predicted octanol–water partition coefficient (Wildman–Crippen LogP) is 4.18. The number of hydrogen-bond acceptors (Lipinski definition) is 6. The van der Waals surface area contributed by atoms with E-state index in [1.54, 1.807) is 20.4 Å². The molecule has 7 nitrogen and oxygen atoms in total. The summed E-state index contributed by atoms with van der Waals surface area (Å²) < 4.78 is 19.2. The van der Waals surface area contributed by atoms with Crippen LogP contribution in [0.15, 0.2) is 36.5 Å². The second-order valence-corrected chi connectivity index (χ2v) is 8.09. The van der Waals surface area contributed by atoms with Crippen LogP contribution < -0.4 is 19.9 Å². The molecular formula is C24H28N4O3. The first-order valence-electron chi connectivity index (χ1n) is 10.6. The lowest BCUT2D eigenvalue weighted by Crippen LogP contribution is -2.48. The number of imidazole rings is 1. The van der Waals surface area contributed by atoms with Crippen molar-refractivity contribution in [2.45, 2.75) is 38.1 Å². The summed E-state index contributed by atoms with van der Waals surface area (Å²) in [6, 6.07) is 11.6. The third kappa shape index (κ3) is 3.68. The number of nitrogens with two attached hydrogens (primary N) is 1. The Labute approximate surface area is 182 Å². The molecule has 2 aromatic heterocycles. The molecule has 162 valence electrons. The van der Waals surface area contributed by atoms with Crippen LogP contribution in [0.5, 0.6) is 17.4 Å². The summed E-state index contributed by atoms with van der Waals surface area (Å²) in [5.41, 5.74) is 9.07. The van der Waals surface area contributed by atoms with Gasteiger partial charge in [-0.15, -0.1) is 0 Å². The van der Waals surface area contributed by atoms with Crippen molar-refractivity contribution in [3.05, 3.63) is 42.1 Å². The van der Waals surface area contributed by atoms with E-state index in [9.17, 15) is 5.26 Å². The third-order valence-electron chi connectivity index (χ3n) is 6.39. The quantitative estimate of drug-likeness (QED) is 0.616. The maximum absolute atomic E-state index is 9.78. The van der Waals surface area contributed by atoms with Crippen LogP contribution in [0.3, 0.4) is 0 Å². The second-order valence-electron chi connectivity index (χ2n) is 8.09.